The fourth-order valence-electron chi connectivity index (χ4n) is 4.03. The zero-order chi connectivity index (χ0) is 20.5. The summed E-state index contributed by atoms with van der Waals surface area (Å²) in [6.07, 6.45) is 3.78. The van der Waals surface area contributed by atoms with Gasteiger partial charge < -0.3 is 10.6 Å². The lowest BCUT2D eigenvalue weighted by Gasteiger charge is -2.34. The van der Waals surface area contributed by atoms with Gasteiger partial charge in [-0.15, -0.1) is 0 Å². The number of carbonyl (C=O) groups excluding carboxylic acids is 2. The number of halogens is 1. The minimum atomic E-state index is -0.502. The number of rotatable bonds is 3. The first-order valence-corrected chi connectivity index (χ1v) is 10.1. The van der Waals surface area contributed by atoms with Crippen LogP contribution in [0, 0.1) is 6.92 Å². The standard InChI is InChI=1S/C23H22ClN3O2/c1-13-10-11-19(25-12-13)27-23(29)20-14(2)26-17-8-5-9-18(28)22(17)21(20)15-6-3-4-7-16(15)24/h3-4,6-7,10-12,21,26H,5,8-9H2,1-2H3,(H,25,27,29)/t21-/m0/s1. The molecular formula is C23H22ClN3O2. The van der Waals surface area contributed by atoms with E-state index in [0.29, 0.717) is 28.4 Å². The molecule has 0 fully saturated rings. The number of dihydropyridines is 1. The SMILES string of the molecule is CC1=C(C(=O)Nc2ccc(C)cn2)[C@H](c2ccccc2Cl)C2=C(CCCC2=O)N1. The van der Waals surface area contributed by atoms with Crippen molar-refractivity contribution in [2.45, 2.75) is 39.0 Å². The van der Waals surface area contributed by atoms with Gasteiger partial charge in [-0.25, -0.2) is 4.98 Å². The van der Waals surface area contributed by atoms with Gasteiger partial charge in [-0.3, -0.25) is 9.59 Å². The number of hydrogen-bond donors (Lipinski definition) is 2. The highest BCUT2D eigenvalue weighted by atomic mass is 35.5. The Hall–Kier alpha value is -2.92. The van der Waals surface area contributed by atoms with Crippen LogP contribution in [0.1, 0.15) is 43.2 Å². The molecule has 4 rings (SSSR count). The minimum Gasteiger partial charge on any atom is -0.362 e. The van der Waals surface area contributed by atoms with Gasteiger partial charge in [0.1, 0.15) is 5.82 Å². The van der Waals surface area contributed by atoms with Crippen LogP contribution in [-0.4, -0.2) is 16.7 Å². The number of anilines is 1. The molecule has 1 amide bonds. The highest BCUT2D eigenvalue weighted by molar-refractivity contribution is 6.31. The van der Waals surface area contributed by atoms with Crippen molar-refractivity contribution in [1.29, 1.82) is 0 Å². The number of nitrogens with one attached hydrogen (secondary N) is 2. The monoisotopic (exact) mass is 407 g/mol. The third-order valence-electron chi connectivity index (χ3n) is 5.39. The molecule has 5 nitrogen and oxygen atoms in total. The molecule has 1 aromatic carbocycles. The summed E-state index contributed by atoms with van der Waals surface area (Å²) in [5.74, 6) is -0.261. The molecule has 0 radical (unpaired) electrons. The van der Waals surface area contributed by atoms with Crippen molar-refractivity contribution < 1.29 is 9.59 Å². The molecule has 2 N–H and O–H groups in total. The summed E-state index contributed by atoms with van der Waals surface area (Å²) in [4.78, 5) is 30.5. The van der Waals surface area contributed by atoms with Crippen LogP contribution < -0.4 is 10.6 Å². The van der Waals surface area contributed by atoms with E-state index in [4.69, 9.17) is 11.6 Å². The second-order valence-corrected chi connectivity index (χ2v) is 7.87. The summed E-state index contributed by atoms with van der Waals surface area (Å²) in [6.45, 7) is 3.80. The zero-order valence-corrected chi connectivity index (χ0v) is 17.1. The quantitative estimate of drug-likeness (QED) is 0.776. The molecule has 1 aromatic heterocycles. The minimum absolute atomic E-state index is 0.0648. The van der Waals surface area contributed by atoms with Crippen molar-refractivity contribution in [3.05, 3.63) is 81.3 Å². The predicted octanol–water partition coefficient (Wildman–Crippen LogP) is 4.65. The Balaban J connectivity index is 1.80. The molecule has 2 aliphatic rings. The average Bonchev–Trinajstić information content (AvgIpc) is 2.69. The number of pyridine rings is 1. The number of hydrogen-bond acceptors (Lipinski definition) is 4. The molecule has 2 heterocycles. The van der Waals surface area contributed by atoms with Gasteiger partial charge in [0.15, 0.2) is 5.78 Å². The van der Waals surface area contributed by atoms with Gasteiger partial charge in [-0.05, 0) is 49.9 Å². The summed E-state index contributed by atoms with van der Waals surface area (Å²) in [6, 6.07) is 11.1. The van der Waals surface area contributed by atoms with Gasteiger partial charge in [-0.1, -0.05) is 35.9 Å². The normalized spacial score (nSPS) is 19.0. The van der Waals surface area contributed by atoms with Gasteiger partial charge >= 0.3 is 0 Å². The summed E-state index contributed by atoms with van der Waals surface area (Å²) < 4.78 is 0. The van der Waals surface area contributed by atoms with E-state index >= 15 is 0 Å². The maximum atomic E-state index is 13.3. The Labute approximate surface area is 174 Å². The zero-order valence-electron chi connectivity index (χ0n) is 16.4. The molecular weight excluding hydrogens is 386 g/mol. The number of amides is 1. The summed E-state index contributed by atoms with van der Waals surface area (Å²) in [5, 5.41) is 6.72. The first kappa shape index (κ1) is 19.4. The lowest BCUT2D eigenvalue weighted by molar-refractivity contribution is -0.116. The maximum Gasteiger partial charge on any atom is 0.255 e. The van der Waals surface area contributed by atoms with Gasteiger partial charge in [0.25, 0.3) is 5.91 Å². The molecule has 29 heavy (non-hydrogen) atoms. The van der Waals surface area contributed by atoms with Crippen molar-refractivity contribution in [1.82, 2.24) is 10.3 Å². The predicted molar refractivity (Wildman–Crippen MR) is 114 cm³/mol. The van der Waals surface area contributed by atoms with Crippen molar-refractivity contribution >= 4 is 29.1 Å². The molecule has 0 saturated carbocycles. The Bertz CT molecular complexity index is 1050. The van der Waals surface area contributed by atoms with Gasteiger partial charge in [0.05, 0.1) is 0 Å². The van der Waals surface area contributed by atoms with Crippen molar-refractivity contribution in [2.75, 3.05) is 5.32 Å². The van der Waals surface area contributed by atoms with Crippen LogP contribution >= 0.6 is 11.6 Å². The number of carbonyl (C=O) groups is 2. The van der Waals surface area contributed by atoms with E-state index in [2.05, 4.69) is 15.6 Å². The third-order valence-corrected chi connectivity index (χ3v) is 5.73. The first-order valence-electron chi connectivity index (χ1n) is 9.68. The van der Waals surface area contributed by atoms with E-state index in [1.165, 1.54) is 0 Å². The molecule has 1 aliphatic carbocycles. The second kappa shape index (κ2) is 7.84. The number of Topliss-reactive ketones (excluding diaryl/α,β-unsaturated/α-hetero) is 1. The van der Waals surface area contributed by atoms with Gasteiger partial charge in [0.2, 0.25) is 0 Å². The number of aryl methyl sites for hydroxylation is 1. The van der Waals surface area contributed by atoms with Crippen LogP contribution in [0.3, 0.4) is 0 Å². The van der Waals surface area contributed by atoms with E-state index in [-0.39, 0.29) is 11.7 Å². The van der Waals surface area contributed by atoms with E-state index in [1.54, 1.807) is 18.3 Å². The number of allylic oxidation sites excluding steroid dienone is 3. The lowest BCUT2D eigenvalue weighted by atomic mass is 9.75. The summed E-state index contributed by atoms with van der Waals surface area (Å²) in [5.41, 5.74) is 4.54. The van der Waals surface area contributed by atoms with Crippen LogP contribution in [-0.2, 0) is 9.59 Å². The molecule has 2 aromatic rings. The summed E-state index contributed by atoms with van der Waals surface area (Å²) >= 11 is 6.51. The average molecular weight is 408 g/mol. The second-order valence-electron chi connectivity index (χ2n) is 7.46. The van der Waals surface area contributed by atoms with Crippen LogP contribution in [0.2, 0.25) is 5.02 Å². The van der Waals surface area contributed by atoms with Crippen molar-refractivity contribution in [2.24, 2.45) is 0 Å². The van der Waals surface area contributed by atoms with Gasteiger partial charge in [0, 0.05) is 46.1 Å². The Kier molecular flexibility index (Phi) is 5.24. The van der Waals surface area contributed by atoms with Crippen molar-refractivity contribution in [3.8, 4) is 0 Å². The smallest absolute Gasteiger partial charge is 0.255 e. The highest BCUT2D eigenvalue weighted by Gasteiger charge is 2.39. The molecule has 1 atom stereocenters. The highest BCUT2D eigenvalue weighted by Crippen LogP contribution is 2.44. The molecule has 1 aliphatic heterocycles. The molecule has 0 spiro atoms. The molecule has 6 heteroatoms. The number of ketones is 1. The molecule has 148 valence electrons. The molecule has 0 unspecified atom stereocenters. The van der Waals surface area contributed by atoms with Crippen LogP contribution in [0.4, 0.5) is 5.82 Å². The largest absolute Gasteiger partial charge is 0.362 e. The third kappa shape index (κ3) is 3.70. The van der Waals surface area contributed by atoms with Crippen LogP contribution in [0.15, 0.2) is 65.1 Å². The van der Waals surface area contributed by atoms with E-state index in [1.807, 2.05) is 38.1 Å². The number of benzene rings is 1. The lowest BCUT2D eigenvalue weighted by Crippen LogP contribution is -2.35. The van der Waals surface area contributed by atoms with Crippen LogP contribution in [0.25, 0.3) is 0 Å². The van der Waals surface area contributed by atoms with Gasteiger partial charge in [-0.2, -0.15) is 0 Å². The topological polar surface area (TPSA) is 71.1 Å². The number of aromatic nitrogens is 1. The Morgan fingerprint density at radius 2 is 1.97 bits per heavy atom. The fraction of sp³-hybridized carbons (Fsp3) is 0.261. The fourth-order valence-corrected chi connectivity index (χ4v) is 4.27. The first-order chi connectivity index (χ1) is 14.0. The molecule has 0 bridgehead atoms. The maximum absolute atomic E-state index is 13.3. The van der Waals surface area contributed by atoms with Crippen molar-refractivity contribution in [3.63, 3.8) is 0 Å². The van der Waals surface area contributed by atoms with E-state index in [9.17, 15) is 9.59 Å². The Morgan fingerprint density at radius 3 is 2.69 bits per heavy atom. The number of nitrogens with zero attached hydrogens (tertiary/aromatic N) is 1. The Morgan fingerprint density at radius 1 is 1.17 bits per heavy atom. The van der Waals surface area contributed by atoms with Crippen LogP contribution in [0.5, 0.6) is 0 Å². The van der Waals surface area contributed by atoms with E-state index < -0.39 is 5.92 Å². The molecule has 0 saturated heterocycles. The summed E-state index contributed by atoms with van der Waals surface area (Å²) in [7, 11) is 0. The van der Waals surface area contributed by atoms with E-state index in [0.717, 1.165) is 35.4 Å².